The summed E-state index contributed by atoms with van der Waals surface area (Å²) >= 11 is 7.26. The number of alkyl halides is 3. The summed E-state index contributed by atoms with van der Waals surface area (Å²) in [5.74, 6) is -5.24. The number of carbonyl (C=O) groups is 2. The second-order valence-electron chi connectivity index (χ2n) is 5.38. The van der Waals surface area contributed by atoms with Crippen molar-refractivity contribution in [2.45, 2.75) is 18.0 Å². The molecule has 1 fully saturated rings. The monoisotopic (exact) mass is 381 g/mol. The van der Waals surface area contributed by atoms with Gasteiger partial charge >= 0.3 is 12.1 Å². The number of thioether (sulfide) groups is 1. The summed E-state index contributed by atoms with van der Waals surface area (Å²) in [6.45, 7) is 0.743. The predicted molar refractivity (Wildman–Crippen MR) is 84.4 cm³/mol. The Hall–Kier alpha value is -1.41. The minimum absolute atomic E-state index is 0.196. The first-order valence-electron chi connectivity index (χ1n) is 7.16. The number of likely N-dealkylation sites (tertiary alicyclic amines) is 1. The molecule has 1 N–H and O–H groups in total. The Labute approximate surface area is 146 Å². The molecular weight excluding hydrogens is 367 g/mol. The van der Waals surface area contributed by atoms with Gasteiger partial charge in [0.25, 0.3) is 5.91 Å². The first-order chi connectivity index (χ1) is 11.1. The van der Waals surface area contributed by atoms with Gasteiger partial charge in [-0.25, -0.2) is 0 Å². The summed E-state index contributed by atoms with van der Waals surface area (Å²) in [7, 11) is 0. The van der Waals surface area contributed by atoms with E-state index in [1.54, 1.807) is 12.1 Å². The maximum absolute atomic E-state index is 13.0. The van der Waals surface area contributed by atoms with E-state index in [1.807, 2.05) is 6.92 Å². The van der Waals surface area contributed by atoms with Crippen LogP contribution in [-0.2, 0) is 4.79 Å². The Morgan fingerprint density at radius 2 is 2.04 bits per heavy atom. The van der Waals surface area contributed by atoms with E-state index in [0.29, 0.717) is 15.7 Å². The zero-order valence-corrected chi connectivity index (χ0v) is 14.2. The standard InChI is InChI=1S/C15H15ClF3NO3S/c1-2-24-12-4-3-8(16)5-9(12)13(21)20-6-10(14(22)23)11(7-20)15(17,18)19/h3-5,10-11H,2,6-7H2,1H3,(H,22,23)/t10-,11-/m1/s1. The highest BCUT2D eigenvalue weighted by molar-refractivity contribution is 7.99. The summed E-state index contributed by atoms with van der Waals surface area (Å²) in [4.78, 5) is 25.3. The highest BCUT2D eigenvalue weighted by Gasteiger charge is 2.53. The fourth-order valence-corrected chi connectivity index (χ4v) is 3.62. The van der Waals surface area contributed by atoms with E-state index in [1.165, 1.54) is 17.8 Å². The Bertz CT molecular complexity index is 653. The largest absolute Gasteiger partial charge is 0.481 e. The van der Waals surface area contributed by atoms with Crippen molar-refractivity contribution in [2.24, 2.45) is 11.8 Å². The number of carboxylic acids is 1. The van der Waals surface area contributed by atoms with Gasteiger partial charge in [0.2, 0.25) is 0 Å². The van der Waals surface area contributed by atoms with Gasteiger partial charge in [0.05, 0.1) is 17.4 Å². The summed E-state index contributed by atoms with van der Waals surface area (Å²) in [5.41, 5.74) is 0.196. The van der Waals surface area contributed by atoms with Crippen molar-refractivity contribution in [3.05, 3.63) is 28.8 Å². The molecule has 0 aliphatic carbocycles. The molecule has 0 aromatic heterocycles. The maximum Gasteiger partial charge on any atom is 0.394 e. The molecule has 1 aliphatic heterocycles. The highest BCUT2D eigenvalue weighted by atomic mass is 35.5. The average molecular weight is 382 g/mol. The van der Waals surface area contributed by atoms with E-state index in [2.05, 4.69) is 0 Å². The molecular formula is C15H15ClF3NO3S. The van der Waals surface area contributed by atoms with Gasteiger partial charge in [-0.05, 0) is 24.0 Å². The third-order valence-electron chi connectivity index (χ3n) is 3.82. The fourth-order valence-electron chi connectivity index (χ4n) is 2.67. The Morgan fingerprint density at radius 1 is 1.38 bits per heavy atom. The van der Waals surface area contributed by atoms with Crippen LogP contribution in [0.2, 0.25) is 5.02 Å². The molecule has 1 aromatic rings. The van der Waals surface area contributed by atoms with Gasteiger partial charge in [0.15, 0.2) is 0 Å². The third-order valence-corrected chi connectivity index (χ3v) is 5.01. The van der Waals surface area contributed by atoms with Gasteiger partial charge < -0.3 is 10.0 Å². The molecule has 24 heavy (non-hydrogen) atoms. The van der Waals surface area contributed by atoms with Crippen molar-refractivity contribution in [1.82, 2.24) is 4.90 Å². The molecule has 132 valence electrons. The van der Waals surface area contributed by atoms with Crippen LogP contribution in [0.5, 0.6) is 0 Å². The molecule has 1 amide bonds. The summed E-state index contributed by atoms with van der Waals surface area (Å²) in [6, 6.07) is 4.63. The molecule has 0 unspecified atom stereocenters. The van der Waals surface area contributed by atoms with Crippen LogP contribution in [0.3, 0.4) is 0 Å². The molecule has 0 spiro atoms. The van der Waals surface area contributed by atoms with Crippen molar-refractivity contribution < 1.29 is 27.9 Å². The van der Waals surface area contributed by atoms with Crippen LogP contribution in [0.4, 0.5) is 13.2 Å². The van der Waals surface area contributed by atoms with Gasteiger partial charge in [0.1, 0.15) is 0 Å². The third kappa shape index (κ3) is 3.97. The van der Waals surface area contributed by atoms with E-state index < -0.39 is 43.0 Å². The molecule has 1 saturated heterocycles. The number of nitrogens with zero attached hydrogens (tertiary/aromatic N) is 1. The molecule has 0 bridgehead atoms. The average Bonchev–Trinajstić information content (AvgIpc) is 2.94. The first-order valence-corrected chi connectivity index (χ1v) is 8.52. The van der Waals surface area contributed by atoms with E-state index in [4.69, 9.17) is 16.7 Å². The lowest BCUT2D eigenvalue weighted by Gasteiger charge is -2.19. The normalized spacial score (nSPS) is 21.1. The van der Waals surface area contributed by atoms with E-state index in [-0.39, 0.29) is 5.56 Å². The Kier molecular flexibility index (Phi) is 5.70. The minimum Gasteiger partial charge on any atom is -0.481 e. The van der Waals surface area contributed by atoms with E-state index >= 15 is 0 Å². The zero-order chi connectivity index (χ0) is 18.1. The number of rotatable bonds is 4. The number of carbonyl (C=O) groups excluding carboxylic acids is 1. The van der Waals surface area contributed by atoms with Gasteiger partial charge in [-0.3, -0.25) is 9.59 Å². The van der Waals surface area contributed by atoms with Crippen LogP contribution >= 0.6 is 23.4 Å². The highest BCUT2D eigenvalue weighted by Crippen LogP contribution is 2.39. The lowest BCUT2D eigenvalue weighted by Crippen LogP contribution is -2.34. The van der Waals surface area contributed by atoms with Crippen LogP contribution in [-0.4, -0.2) is 46.9 Å². The van der Waals surface area contributed by atoms with Crippen molar-refractivity contribution in [3.8, 4) is 0 Å². The maximum atomic E-state index is 13.0. The smallest absolute Gasteiger partial charge is 0.394 e. The molecule has 0 radical (unpaired) electrons. The predicted octanol–water partition coefficient (Wildman–Crippen LogP) is 3.79. The molecule has 1 aromatic carbocycles. The molecule has 0 saturated carbocycles. The Balaban J connectivity index is 2.31. The van der Waals surface area contributed by atoms with Crippen LogP contribution in [0.15, 0.2) is 23.1 Å². The SMILES string of the molecule is CCSc1ccc(Cl)cc1C(=O)N1C[C@@H](C(F)(F)F)[C@H](C(=O)O)C1. The van der Waals surface area contributed by atoms with Gasteiger partial charge in [-0.2, -0.15) is 13.2 Å². The fraction of sp³-hybridized carbons (Fsp3) is 0.467. The van der Waals surface area contributed by atoms with Crippen LogP contribution < -0.4 is 0 Å². The van der Waals surface area contributed by atoms with Crippen LogP contribution in [0.1, 0.15) is 17.3 Å². The minimum atomic E-state index is -4.67. The lowest BCUT2D eigenvalue weighted by molar-refractivity contribution is -0.187. The van der Waals surface area contributed by atoms with E-state index in [0.717, 1.165) is 4.90 Å². The molecule has 1 aliphatic rings. The summed E-state index contributed by atoms with van der Waals surface area (Å²) < 4.78 is 39.1. The topological polar surface area (TPSA) is 57.6 Å². The van der Waals surface area contributed by atoms with Crippen molar-refractivity contribution >= 4 is 35.2 Å². The Morgan fingerprint density at radius 3 is 2.54 bits per heavy atom. The van der Waals surface area contributed by atoms with Crippen LogP contribution in [0, 0.1) is 11.8 Å². The number of amides is 1. The number of benzene rings is 1. The number of carboxylic acid groups (broad SMARTS) is 1. The number of halogens is 4. The van der Waals surface area contributed by atoms with Gasteiger partial charge in [-0.15, -0.1) is 11.8 Å². The van der Waals surface area contributed by atoms with E-state index in [9.17, 15) is 22.8 Å². The summed E-state index contributed by atoms with van der Waals surface area (Å²) in [6.07, 6.45) is -4.67. The van der Waals surface area contributed by atoms with Gasteiger partial charge in [0, 0.05) is 23.0 Å². The first kappa shape index (κ1) is 18.9. The zero-order valence-electron chi connectivity index (χ0n) is 12.6. The van der Waals surface area contributed by atoms with Crippen LogP contribution in [0.25, 0.3) is 0 Å². The second kappa shape index (κ2) is 7.23. The van der Waals surface area contributed by atoms with Crippen molar-refractivity contribution in [2.75, 3.05) is 18.8 Å². The molecule has 9 heteroatoms. The number of hydrogen-bond donors (Lipinski definition) is 1. The second-order valence-corrected chi connectivity index (χ2v) is 7.12. The van der Waals surface area contributed by atoms with Crippen molar-refractivity contribution in [3.63, 3.8) is 0 Å². The molecule has 2 rings (SSSR count). The summed E-state index contributed by atoms with van der Waals surface area (Å²) in [5, 5.41) is 9.33. The quantitative estimate of drug-likeness (QED) is 0.806. The lowest BCUT2D eigenvalue weighted by atomic mass is 9.96. The number of aliphatic carboxylic acids is 1. The van der Waals surface area contributed by atoms with Gasteiger partial charge in [-0.1, -0.05) is 18.5 Å². The number of hydrogen-bond acceptors (Lipinski definition) is 3. The molecule has 4 nitrogen and oxygen atoms in total. The molecule has 1 heterocycles. The van der Waals surface area contributed by atoms with Crippen molar-refractivity contribution in [1.29, 1.82) is 0 Å². The molecule has 2 atom stereocenters.